The largest absolute Gasteiger partial charge is 0.330 e. The fourth-order valence-electron chi connectivity index (χ4n) is 2.09. The van der Waals surface area contributed by atoms with Crippen LogP contribution in [0.4, 0.5) is 5.00 Å². The van der Waals surface area contributed by atoms with E-state index in [1.54, 1.807) is 11.3 Å². The quantitative estimate of drug-likeness (QED) is 0.857. The highest BCUT2D eigenvalue weighted by atomic mass is 32.1. The lowest BCUT2D eigenvalue weighted by Gasteiger charge is -2.09. The topological polar surface area (TPSA) is 78.9 Å². The number of nitrogens with zero attached hydrogens (tertiary/aromatic N) is 1. The Bertz CT molecular complexity index is 473. The zero-order chi connectivity index (χ0) is 12.3. The molecule has 1 aliphatic carbocycles. The van der Waals surface area contributed by atoms with Crippen molar-refractivity contribution in [3.05, 3.63) is 16.0 Å². The standard InChI is InChI=1S/C12H15N3OS/c13-6-5-11(16)15-12-9(7-14)8-3-1-2-4-10(8)17-12/h1-6,13H2,(H,15,16). The summed E-state index contributed by atoms with van der Waals surface area (Å²) < 4.78 is 0. The van der Waals surface area contributed by atoms with E-state index >= 15 is 0 Å². The van der Waals surface area contributed by atoms with Gasteiger partial charge in [-0.2, -0.15) is 5.26 Å². The zero-order valence-corrected chi connectivity index (χ0v) is 10.4. The van der Waals surface area contributed by atoms with Crippen LogP contribution in [0.5, 0.6) is 0 Å². The first-order chi connectivity index (χ1) is 8.26. The van der Waals surface area contributed by atoms with Crippen molar-refractivity contribution in [1.29, 1.82) is 5.26 Å². The number of hydrogen-bond acceptors (Lipinski definition) is 4. The average molecular weight is 249 g/mol. The van der Waals surface area contributed by atoms with Crippen LogP contribution in [0.3, 0.4) is 0 Å². The number of nitriles is 1. The van der Waals surface area contributed by atoms with E-state index in [1.807, 2.05) is 0 Å². The number of aryl methyl sites for hydroxylation is 1. The lowest BCUT2D eigenvalue weighted by Crippen LogP contribution is -2.16. The fourth-order valence-corrected chi connectivity index (χ4v) is 3.35. The van der Waals surface area contributed by atoms with Gasteiger partial charge < -0.3 is 11.1 Å². The minimum atomic E-state index is -0.109. The van der Waals surface area contributed by atoms with Crippen LogP contribution in [0, 0.1) is 11.3 Å². The van der Waals surface area contributed by atoms with Crippen molar-refractivity contribution in [3.63, 3.8) is 0 Å². The minimum absolute atomic E-state index is 0.109. The predicted molar refractivity (Wildman–Crippen MR) is 68.0 cm³/mol. The summed E-state index contributed by atoms with van der Waals surface area (Å²) in [5.74, 6) is -0.109. The van der Waals surface area contributed by atoms with Crippen LogP contribution in [-0.4, -0.2) is 12.5 Å². The summed E-state index contributed by atoms with van der Waals surface area (Å²) in [6.07, 6.45) is 4.60. The van der Waals surface area contributed by atoms with Crippen LogP contribution in [0.25, 0.3) is 0 Å². The number of anilines is 1. The van der Waals surface area contributed by atoms with Gasteiger partial charge in [0.2, 0.25) is 5.91 Å². The number of carbonyl (C=O) groups is 1. The molecule has 4 nitrogen and oxygen atoms in total. The van der Waals surface area contributed by atoms with Crippen molar-refractivity contribution in [1.82, 2.24) is 0 Å². The molecule has 0 fully saturated rings. The van der Waals surface area contributed by atoms with Gasteiger partial charge in [0.15, 0.2) is 0 Å². The molecular formula is C12H15N3OS. The summed E-state index contributed by atoms with van der Waals surface area (Å²) in [5, 5.41) is 12.7. The Hall–Kier alpha value is -1.38. The van der Waals surface area contributed by atoms with Crippen LogP contribution in [0.15, 0.2) is 0 Å². The van der Waals surface area contributed by atoms with Gasteiger partial charge in [0.25, 0.3) is 0 Å². The molecule has 1 aromatic rings. The molecule has 0 saturated heterocycles. The van der Waals surface area contributed by atoms with Gasteiger partial charge in [-0.1, -0.05) is 0 Å². The number of fused-ring (bicyclic) bond motifs is 1. The second kappa shape index (κ2) is 5.30. The molecule has 17 heavy (non-hydrogen) atoms. The molecule has 0 unspecified atom stereocenters. The first-order valence-electron chi connectivity index (χ1n) is 5.80. The van der Waals surface area contributed by atoms with Gasteiger partial charge in [0, 0.05) is 17.8 Å². The SMILES string of the molecule is N#Cc1c(NC(=O)CCN)sc2c1CCCC2. The summed E-state index contributed by atoms with van der Waals surface area (Å²) in [4.78, 5) is 12.8. The Kier molecular flexibility index (Phi) is 3.77. The molecule has 0 aromatic carbocycles. The van der Waals surface area contributed by atoms with Gasteiger partial charge in [-0.05, 0) is 31.2 Å². The van der Waals surface area contributed by atoms with Gasteiger partial charge in [-0.3, -0.25) is 4.79 Å². The van der Waals surface area contributed by atoms with E-state index in [0.29, 0.717) is 23.5 Å². The van der Waals surface area contributed by atoms with Crippen LogP contribution in [-0.2, 0) is 17.6 Å². The molecule has 3 N–H and O–H groups in total. The molecule has 0 saturated carbocycles. The second-order valence-corrected chi connectivity index (χ2v) is 5.22. The first-order valence-corrected chi connectivity index (χ1v) is 6.62. The smallest absolute Gasteiger partial charge is 0.226 e. The number of hydrogen-bond donors (Lipinski definition) is 2. The van der Waals surface area contributed by atoms with Gasteiger partial charge >= 0.3 is 0 Å². The fraction of sp³-hybridized carbons (Fsp3) is 0.500. The van der Waals surface area contributed by atoms with E-state index in [9.17, 15) is 10.1 Å². The van der Waals surface area contributed by atoms with E-state index in [2.05, 4.69) is 11.4 Å². The molecule has 0 aliphatic heterocycles. The molecule has 0 atom stereocenters. The molecule has 0 radical (unpaired) electrons. The molecule has 90 valence electrons. The molecule has 2 rings (SSSR count). The number of amides is 1. The summed E-state index contributed by atoms with van der Waals surface area (Å²) in [6.45, 7) is 0.332. The van der Waals surface area contributed by atoms with Gasteiger partial charge in [-0.15, -0.1) is 11.3 Å². The molecule has 1 aromatic heterocycles. The average Bonchev–Trinajstić information content (AvgIpc) is 2.66. The first kappa shape index (κ1) is 12.1. The Morgan fingerprint density at radius 3 is 2.94 bits per heavy atom. The van der Waals surface area contributed by atoms with Crippen molar-refractivity contribution >= 4 is 22.2 Å². The summed E-state index contributed by atoms with van der Waals surface area (Å²) in [5.41, 5.74) is 7.14. The van der Waals surface area contributed by atoms with Gasteiger partial charge in [-0.25, -0.2) is 0 Å². The summed E-state index contributed by atoms with van der Waals surface area (Å²) >= 11 is 1.55. The van der Waals surface area contributed by atoms with E-state index < -0.39 is 0 Å². The number of nitrogens with one attached hydrogen (secondary N) is 1. The Morgan fingerprint density at radius 2 is 2.24 bits per heavy atom. The molecule has 0 spiro atoms. The number of thiophene rings is 1. The van der Waals surface area contributed by atoms with Crippen molar-refractivity contribution in [3.8, 4) is 6.07 Å². The van der Waals surface area contributed by atoms with E-state index in [0.717, 1.165) is 24.8 Å². The van der Waals surface area contributed by atoms with E-state index in [4.69, 9.17) is 5.73 Å². The van der Waals surface area contributed by atoms with Crippen LogP contribution in [0.2, 0.25) is 0 Å². The summed E-state index contributed by atoms with van der Waals surface area (Å²) in [6, 6.07) is 2.22. The van der Waals surface area contributed by atoms with E-state index in [1.165, 1.54) is 11.3 Å². The predicted octanol–water partition coefficient (Wildman–Crippen LogP) is 1.79. The number of nitrogens with two attached hydrogens (primary N) is 1. The maximum absolute atomic E-state index is 11.5. The molecule has 1 amide bonds. The van der Waals surface area contributed by atoms with Gasteiger partial charge in [0.1, 0.15) is 11.1 Å². The van der Waals surface area contributed by atoms with Crippen LogP contribution in [0.1, 0.15) is 35.3 Å². The highest BCUT2D eigenvalue weighted by molar-refractivity contribution is 7.16. The third-order valence-electron chi connectivity index (χ3n) is 2.91. The molecule has 0 bridgehead atoms. The third-order valence-corrected chi connectivity index (χ3v) is 4.11. The molecule has 1 heterocycles. The molecule has 1 aliphatic rings. The van der Waals surface area contributed by atoms with Gasteiger partial charge in [0.05, 0.1) is 5.56 Å². The van der Waals surface area contributed by atoms with Crippen molar-refractivity contribution < 1.29 is 4.79 Å². The maximum Gasteiger partial charge on any atom is 0.226 e. The monoisotopic (exact) mass is 249 g/mol. The highest BCUT2D eigenvalue weighted by Crippen LogP contribution is 2.37. The van der Waals surface area contributed by atoms with Crippen molar-refractivity contribution in [2.75, 3.05) is 11.9 Å². The highest BCUT2D eigenvalue weighted by Gasteiger charge is 2.21. The van der Waals surface area contributed by atoms with Crippen molar-refractivity contribution in [2.45, 2.75) is 32.1 Å². The Morgan fingerprint density at radius 1 is 1.47 bits per heavy atom. The van der Waals surface area contributed by atoms with Crippen LogP contribution >= 0.6 is 11.3 Å². The molecule has 5 heteroatoms. The van der Waals surface area contributed by atoms with Crippen molar-refractivity contribution in [2.24, 2.45) is 5.73 Å². The lowest BCUT2D eigenvalue weighted by atomic mass is 9.96. The molecular weight excluding hydrogens is 234 g/mol. The van der Waals surface area contributed by atoms with Crippen LogP contribution < -0.4 is 11.1 Å². The lowest BCUT2D eigenvalue weighted by molar-refractivity contribution is -0.116. The zero-order valence-electron chi connectivity index (χ0n) is 9.58. The number of carbonyl (C=O) groups excluding carboxylic acids is 1. The normalized spacial score (nSPS) is 13.9. The van der Waals surface area contributed by atoms with E-state index in [-0.39, 0.29) is 5.91 Å². The number of rotatable bonds is 3. The Labute approximate surface area is 104 Å². The summed E-state index contributed by atoms with van der Waals surface area (Å²) in [7, 11) is 0. The Balaban J connectivity index is 2.25. The third kappa shape index (κ3) is 2.48. The second-order valence-electron chi connectivity index (χ2n) is 4.11. The minimum Gasteiger partial charge on any atom is -0.330 e. The maximum atomic E-state index is 11.5.